The van der Waals surface area contributed by atoms with Crippen LogP contribution in [0.15, 0.2) is 29.0 Å². The number of rotatable bonds is 3. The van der Waals surface area contributed by atoms with E-state index in [0.29, 0.717) is 17.3 Å². The molecule has 0 fully saturated rings. The summed E-state index contributed by atoms with van der Waals surface area (Å²) in [5.41, 5.74) is 0.459. The van der Waals surface area contributed by atoms with Crippen molar-refractivity contribution in [1.29, 1.82) is 0 Å². The van der Waals surface area contributed by atoms with Gasteiger partial charge >= 0.3 is 0 Å². The highest BCUT2D eigenvalue weighted by molar-refractivity contribution is 5.91. The van der Waals surface area contributed by atoms with Crippen LogP contribution in [0.2, 0.25) is 0 Å². The van der Waals surface area contributed by atoms with Gasteiger partial charge in [0.25, 0.3) is 5.56 Å². The van der Waals surface area contributed by atoms with Crippen molar-refractivity contribution in [2.45, 2.75) is 33.7 Å². The number of carbonyl (C=O) groups excluding carboxylic acids is 1. The monoisotopic (exact) mass is 357 g/mol. The molecule has 7 nitrogen and oxygen atoms in total. The zero-order valence-corrected chi connectivity index (χ0v) is 15.6. The molecule has 1 aromatic heterocycles. The number of nitrogens with zero attached hydrogens (tertiary/aromatic N) is 2. The molecule has 1 aromatic rings. The van der Waals surface area contributed by atoms with E-state index in [1.54, 1.807) is 12.2 Å². The molecular weight excluding hydrogens is 334 g/mol. The summed E-state index contributed by atoms with van der Waals surface area (Å²) >= 11 is 0. The first-order chi connectivity index (χ1) is 12.3. The van der Waals surface area contributed by atoms with E-state index in [1.807, 2.05) is 33.8 Å². The predicted octanol–water partition coefficient (Wildman–Crippen LogP) is 2.46. The Hall–Kier alpha value is -2.83. The van der Waals surface area contributed by atoms with Crippen molar-refractivity contribution in [3.05, 3.63) is 45.9 Å². The van der Waals surface area contributed by atoms with Crippen molar-refractivity contribution in [1.82, 2.24) is 14.9 Å². The van der Waals surface area contributed by atoms with Crippen molar-refractivity contribution in [3.63, 3.8) is 0 Å². The van der Waals surface area contributed by atoms with E-state index in [2.05, 4.69) is 10.3 Å². The lowest BCUT2D eigenvalue weighted by molar-refractivity contribution is -0.125. The van der Waals surface area contributed by atoms with Crippen LogP contribution < -0.4 is 15.6 Å². The first-order valence-electron chi connectivity index (χ1n) is 8.62. The summed E-state index contributed by atoms with van der Waals surface area (Å²) in [4.78, 5) is 30.5. The Kier molecular flexibility index (Phi) is 4.71. The van der Waals surface area contributed by atoms with E-state index in [-0.39, 0.29) is 34.7 Å². The summed E-state index contributed by atoms with van der Waals surface area (Å²) < 4.78 is 12.2. The van der Waals surface area contributed by atoms with Crippen molar-refractivity contribution in [3.8, 4) is 5.88 Å². The summed E-state index contributed by atoms with van der Waals surface area (Å²) in [5, 5.41) is 2.89. The molecule has 1 atom stereocenters. The number of hydrogen-bond acceptors (Lipinski definition) is 5. The van der Waals surface area contributed by atoms with Gasteiger partial charge in [0.05, 0.1) is 19.1 Å². The molecule has 0 unspecified atom stereocenters. The van der Waals surface area contributed by atoms with Gasteiger partial charge in [0, 0.05) is 6.08 Å². The van der Waals surface area contributed by atoms with E-state index < -0.39 is 6.04 Å². The van der Waals surface area contributed by atoms with E-state index in [4.69, 9.17) is 9.47 Å². The van der Waals surface area contributed by atoms with Crippen molar-refractivity contribution >= 4 is 17.7 Å². The van der Waals surface area contributed by atoms with Gasteiger partial charge < -0.3 is 14.8 Å². The molecule has 0 radical (unpaired) electrons. The zero-order valence-electron chi connectivity index (χ0n) is 15.6. The van der Waals surface area contributed by atoms with E-state index >= 15 is 0 Å². The van der Waals surface area contributed by atoms with Gasteiger partial charge in [-0.3, -0.25) is 14.2 Å². The van der Waals surface area contributed by atoms with Crippen LogP contribution in [0.5, 0.6) is 5.88 Å². The number of amides is 1. The third-order valence-corrected chi connectivity index (χ3v) is 4.23. The van der Waals surface area contributed by atoms with Gasteiger partial charge in [-0.25, -0.2) is 0 Å². The summed E-state index contributed by atoms with van der Waals surface area (Å²) in [6.45, 7) is 7.79. The number of nitrogens with one attached hydrogen (secondary N) is 1. The fourth-order valence-corrected chi connectivity index (χ4v) is 3.10. The lowest BCUT2D eigenvalue weighted by atomic mass is 9.99. The van der Waals surface area contributed by atoms with Crippen molar-refractivity contribution < 1.29 is 14.3 Å². The zero-order chi connectivity index (χ0) is 19.0. The molecule has 7 heteroatoms. The van der Waals surface area contributed by atoms with Crippen LogP contribution in [0.1, 0.15) is 45.1 Å². The molecule has 0 aliphatic carbocycles. The Labute approximate surface area is 152 Å². The molecule has 2 aliphatic heterocycles. The standard InChI is InChI=1S/C19H23N3O4/c1-10(2)8-14-16-21-18-13(9-12(25-5)6-7-26-18)19(24)22(16)15(11(3)4)17(23)20-14/h6-11,15H,1-5H3,(H,20,23)/b14-8-/t15-/m0/s1. The van der Waals surface area contributed by atoms with Gasteiger partial charge in [0.2, 0.25) is 11.8 Å². The van der Waals surface area contributed by atoms with Crippen LogP contribution in [0.4, 0.5) is 0 Å². The number of aromatic nitrogens is 2. The van der Waals surface area contributed by atoms with Gasteiger partial charge in [0.15, 0.2) is 5.82 Å². The Morgan fingerprint density at radius 1 is 1.31 bits per heavy atom. The van der Waals surface area contributed by atoms with Crippen LogP contribution >= 0.6 is 0 Å². The van der Waals surface area contributed by atoms with Crippen LogP contribution in [-0.4, -0.2) is 22.6 Å². The van der Waals surface area contributed by atoms with E-state index in [9.17, 15) is 9.59 Å². The van der Waals surface area contributed by atoms with Gasteiger partial charge in [-0.1, -0.05) is 33.8 Å². The number of hydrogen-bond donors (Lipinski definition) is 1. The van der Waals surface area contributed by atoms with Crippen molar-refractivity contribution in [2.24, 2.45) is 11.8 Å². The lowest BCUT2D eigenvalue weighted by Gasteiger charge is -2.31. The Bertz CT molecular complexity index is 891. The molecule has 0 aromatic carbocycles. The molecule has 1 amide bonds. The number of carbonyl (C=O) groups is 1. The molecule has 1 N–H and O–H groups in total. The number of methoxy groups -OCH3 is 1. The minimum Gasteiger partial charge on any atom is -0.497 e. The highest BCUT2D eigenvalue weighted by Gasteiger charge is 2.36. The second-order valence-electron chi connectivity index (χ2n) is 7.00. The third-order valence-electron chi connectivity index (χ3n) is 4.23. The fourth-order valence-electron chi connectivity index (χ4n) is 3.10. The summed E-state index contributed by atoms with van der Waals surface area (Å²) in [6, 6.07) is -0.643. The number of allylic oxidation sites excluding steroid dienone is 2. The summed E-state index contributed by atoms with van der Waals surface area (Å²) in [6.07, 6.45) is 6.50. The molecule has 3 heterocycles. The Morgan fingerprint density at radius 2 is 2.04 bits per heavy atom. The molecular formula is C19H23N3O4. The van der Waals surface area contributed by atoms with Gasteiger partial charge in [-0.05, 0) is 17.9 Å². The topological polar surface area (TPSA) is 82.5 Å². The quantitative estimate of drug-likeness (QED) is 0.898. The number of fused-ring (bicyclic) bond motifs is 2. The smallest absolute Gasteiger partial charge is 0.265 e. The average molecular weight is 357 g/mol. The fraction of sp³-hybridized carbons (Fsp3) is 0.421. The summed E-state index contributed by atoms with van der Waals surface area (Å²) in [5.74, 6) is 0.948. The summed E-state index contributed by atoms with van der Waals surface area (Å²) in [7, 11) is 1.51. The number of ether oxygens (including phenoxy) is 2. The predicted molar refractivity (Wildman–Crippen MR) is 98.1 cm³/mol. The molecule has 26 heavy (non-hydrogen) atoms. The maximum Gasteiger partial charge on any atom is 0.265 e. The molecule has 138 valence electrons. The minimum atomic E-state index is -0.643. The molecule has 3 rings (SSSR count). The van der Waals surface area contributed by atoms with Crippen molar-refractivity contribution in [2.75, 3.05) is 7.11 Å². The van der Waals surface area contributed by atoms with Crippen LogP contribution in [0.25, 0.3) is 11.8 Å². The Balaban J connectivity index is 2.33. The molecule has 0 saturated carbocycles. The minimum absolute atomic E-state index is 0.0809. The molecule has 0 bridgehead atoms. The Morgan fingerprint density at radius 3 is 2.65 bits per heavy atom. The largest absolute Gasteiger partial charge is 0.497 e. The van der Waals surface area contributed by atoms with E-state index in [0.717, 1.165) is 0 Å². The van der Waals surface area contributed by atoms with Crippen LogP contribution in [-0.2, 0) is 9.53 Å². The second-order valence-corrected chi connectivity index (χ2v) is 7.00. The maximum atomic E-state index is 13.3. The van der Waals surface area contributed by atoms with Gasteiger partial charge in [-0.2, -0.15) is 4.98 Å². The normalized spacial score (nSPS) is 20.3. The second kappa shape index (κ2) is 6.82. The lowest BCUT2D eigenvalue weighted by Crippen LogP contribution is -2.47. The maximum absolute atomic E-state index is 13.3. The first-order valence-corrected chi connectivity index (χ1v) is 8.62. The highest BCUT2D eigenvalue weighted by atomic mass is 16.5. The molecule has 2 aliphatic rings. The first kappa shape index (κ1) is 18.0. The average Bonchev–Trinajstić information content (AvgIpc) is 2.77. The molecule has 0 saturated heterocycles. The third kappa shape index (κ3) is 3.05. The van der Waals surface area contributed by atoms with Gasteiger partial charge in [0.1, 0.15) is 17.4 Å². The van der Waals surface area contributed by atoms with Crippen LogP contribution in [0, 0.1) is 11.8 Å². The molecule has 0 spiro atoms. The van der Waals surface area contributed by atoms with E-state index in [1.165, 1.54) is 17.9 Å². The van der Waals surface area contributed by atoms with Crippen LogP contribution in [0.3, 0.4) is 0 Å². The van der Waals surface area contributed by atoms with Gasteiger partial charge in [-0.15, -0.1) is 0 Å². The highest BCUT2D eigenvalue weighted by Crippen LogP contribution is 2.30. The SMILES string of the molecule is COC1=Cc2c(nc3n(c2=O)[C@@H](C(C)C)C(=O)N/C3=C\C(C)C)OC=C1.